The average molecular weight is 428 g/mol. The molecule has 1 atom stereocenters. The lowest BCUT2D eigenvalue weighted by molar-refractivity contribution is -0.120. The summed E-state index contributed by atoms with van der Waals surface area (Å²) in [6.45, 7) is 5.26. The number of carbonyl (C=O) groups excluding carboxylic acids is 1. The first-order valence-corrected chi connectivity index (χ1v) is 11.8. The van der Waals surface area contributed by atoms with Gasteiger partial charge in [-0.15, -0.1) is 10.2 Å². The summed E-state index contributed by atoms with van der Waals surface area (Å²) in [5.41, 5.74) is 0.717. The van der Waals surface area contributed by atoms with Crippen LogP contribution in [0.3, 0.4) is 0 Å². The Hall–Kier alpha value is -2.35. The number of aromatic nitrogens is 4. The Morgan fingerprint density at radius 1 is 1.23 bits per heavy atom. The highest BCUT2D eigenvalue weighted by molar-refractivity contribution is 8.00. The van der Waals surface area contributed by atoms with Crippen molar-refractivity contribution in [2.45, 2.75) is 69.3 Å². The summed E-state index contributed by atoms with van der Waals surface area (Å²) in [5, 5.41) is 12.7. The molecule has 7 nitrogen and oxygen atoms in total. The molecular formula is C22H29N5O2S. The minimum absolute atomic E-state index is 0.0218. The van der Waals surface area contributed by atoms with Crippen LogP contribution in [0.4, 0.5) is 0 Å². The van der Waals surface area contributed by atoms with Gasteiger partial charge >= 0.3 is 0 Å². The summed E-state index contributed by atoms with van der Waals surface area (Å²) in [7, 11) is 0. The van der Waals surface area contributed by atoms with Gasteiger partial charge in [0.25, 0.3) is 5.56 Å². The maximum Gasteiger partial charge on any atom is 0.262 e. The maximum atomic E-state index is 12.9. The third-order valence-electron chi connectivity index (χ3n) is 5.87. The second-order valence-corrected chi connectivity index (χ2v) is 9.41. The van der Waals surface area contributed by atoms with Gasteiger partial charge in [-0.2, -0.15) is 0 Å². The smallest absolute Gasteiger partial charge is 0.262 e. The molecule has 0 aliphatic heterocycles. The zero-order chi connectivity index (χ0) is 21.1. The second-order valence-electron chi connectivity index (χ2n) is 8.10. The molecule has 1 N–H and O–H groups in total. The average Bonchev–Trinajstić information content (AvgIpc) is 3.19. The first-order chi connectivity index (χ1) is 14.6. The number of para-hydroxylation sites is 1. The molecule has 0 saturated heterocycles. The Balaban J connectivity index is 1.59. The zero-order valence-electron chi connectivity index (χ0n) is 17.6. The van der Waals surface area contributed by atoms with E-state index in [9.17, 15) is 9.59 Å². The van der Waals surface area contributed by atoms with Crippen LogP contribution in [0, 0.1) is 5.92 Å². The second kappa shape index (κ2) is 9.20. The van der Waals surface area contributed by atoms with Gasteiger partial charge in [-0.1, -0.05) is 50.1 Å². The van der Waals surface area contributed by atoms with E-state index in [0.29, 0.717) is 28.8 Å². The van der Waals surface area contributed by atoms with Gasteiger partial charge in [0, 0.05) is 13.1 Å². The van der Waals surface area contributed by atoms with Crippen molar-refractivity contribution in [3.63, 3.8) is 0 Å². The molecule has 1 fully saturated rings. The first kappa shape index (κ1) is 20.9. The zero-order valence-corrected chi connectivity index (χ0v) is 18.5. The van der Waals surface area contributed by atoms with Crippen molar-refractivity contribution in [2.75, 3.05) is 6.54 Å². The molecule has 1 aliphatic rings. The number of hydrogen-bond acceptors (Lipinski definition) is 5. The molecule has 2 aromatic heterocycles. The van der Waals surface area contributed by atoms with Crippen molar-refractivity contribution in [1.82, 2.24) is 24.5 Å². The number of fused-ring (bicyclic) bond motifs is 3. The van der Waals surface area contributed by atoms with E-state index in [1.54, 1.807) is 4.57 Å². The number of rotatable bonds is 7. The summed E-state index contributed by atoms with van der Waals surface area (Å²) in [4.78, 5) is 25.6. The topological polar surface area (TPSA) is 81.3 Å². The summed E-state index contributed by atoms with van der Waals surface area (Å²) >= 11 is 1.38. The fourth-order valence-electron chi connectivity index (χ4n) is 4.23. The van der Waals surface area contributed by atoms with Crippen molar-refractivity contribution in [3.05, 3.63) is 34.6 Å². The van der Waals surface area contributed by atoms with E-state index >= 15 is 0 Å². The number of nitrogens with zero attached hydrogens (tertiary/aromatic N) is 4. The molecule has 1 unspecified atom stereocenters. The van der Waals surface area contributed by atoms with Crippen LogP contribution in [0.1, 0.15) is 52.4 Å². The Labute approximate surface area is 180 Å². The standard InChI is InChI=1S/C22H29N5O2S/c1-3-13-26-20(29)17-11-7-8-12-18(17)27-21(26)24-25-22(27)30-15(2)19(28)23-14-16-9-5-4-6-10-16/h7-8,11-12,15-16H,3-6,9-10,13-14H2,1-2H3,(H,23,28). The SMILES string of the molecule is CCCn1c(=O)c2ccccc2n2c(SC(C)C(=O)NCC3CCCCC3)nnc12. The normalized spacial score (nSPS) is 16.2. The highest BCUT2D eigenvalue weighted by Crippen LogP contribution is 2.26. The summed E-state index contributed by atoms with van der Waals surface area (Å²) in [6.07, 6.45) is 7.08. The summed E-state index contributed by atoms with van der Waals surface area (Å²) in [5.74, 6) is 1.15. The predicted molar refractivity (Wildman–Crippen MR) is 120 cm³/mol. The van der Waals surface area contributed by atoms with Crippen LogP contribution in [-0.4, -0.2) is 36.9 Å². The van der Waals surface area contributed by atoms with E-state index in [4.69, 9.17) is 0 Å². The summed E-state index contributed by atoms with van der Waals surface area (Å²) in [6, 6.07) is 7.50. The lowest BCUT2D eigenvalue weighted by Crippen LogP contribution is -2.35. The molecule has 1 aromatic carbocycles. The molecule has 1 amide bonds. The molecular weight excluding hydrogens is 398 g/mol. The van der Waals surface area contributed by atoms with Gasteiger partial charge in [-0.05, 0) is 44.2 Å². The van der Waals surface area contributed by atoms with E-state index in [2.05, 4.69) is 15.5 Å². The Morgan fingerprint density at radius 2 is 2.00 bits per heavy atom. The molecule has 8 heteroatoms. The lowest BCUT2D eigenvalue weighted by Gasteiger charge is -2.22. The van der Waals surface area contributed by atoms with Crippen molar-refractivity contribution >= 4 is 34.3 Å². The van der Waals surface area contributed by atoms with Crippen molar-refractivity contribution in [2.24, 2.45) is 5.92 Å². The quantitative estimate of drug-likeness (QED) is 0.582. The van der Waals surface area contributed by atoms with Gasteiger partial charge in [0.15, 0.2) is 5.16 Å². The van der Waals surface area contributed by atoms with Crippen molar-refractivity contribution in [1.29, 1.82) is 0 Å². The van der Waals surface area contributed by atoms with E-state index in [1.165, 1.54) is 43.9 Å². The maximum absolute atomic E-state index is 12.9. The molecule has 160 valence electrons. The Kier molecular flexibility index (Phi) is 6.41. The number of thioether (sulfide) groups is 1. The van der Waals surface area contributed by atoms with E-state index in [1.807, 2.05) is 42.5 Å². The monoisotopic (exact) mass is 427 g/mol. The van der Waals surface area contributed by atoms with Crippen LogP contribution >= 0.6 is 11.8 Å². The van der Waals surface area contributed by atoms with Crippen LogP contribution in [0.5, 0.6) is 0 Å². The predicted octanol–water partition coefficient (Wildman–Crippen LogP) is 3.63. The lowest BCUT2D eigenvalue weighted by atomic mass is 9.89. The highest BCUT2D eigenvalue weighted by atomic mass is 32.2. The van der Waals surface area contributed by atoms with Gasteiger partial charge < -0.3 is 5.32 Å². The van der Waals surface area contributed by atoms with Crippen molar-refractivity contribution < 1.29 is 4.79 Å². The third kappa shape index (κ3) is 4.10. The number of aryl methyl sites for hydroxylation is 1. The minimum atomic E-state index is -0.300. The largest absolute Gasteiger partial charge is 0.355 e. The summed E-state index contributed by atoms with van der Waals surface area (Å²) < 4.78 is 3.58. The van der Waals surface area contributed by atoms with Gasteiger partial charge in [-0.25, -0.2) is 0 Å². The Morgan fingerprint density at radius 3 is 2.77 bits per heavy atom. The van der Waals surface area contributed by atoms with Crippen LogP contribution in [0.15, 0.2) is 34.2 Å². The van der Waals surface area contributed by atoms with E-state index in [0.717, 1.165) is 18.5 Å². The molecule has 4 rings (SSSR count). The van der Waals surface area contributed by atoms with Crippen LogP contribution in [0.25, 0.3) is 16.7 Å². The van der Waals surface area contributed by atoms with Crippen molar-refractivity contribution in [3.8, 4) is 0 Å². The number of benzene rings is 1. The van der Waals surface area contributed by atoms with E-state index < -0.39 is 0 Å². The molecule has 3 aromatic rings. The van der Waals surface area contributed by atoms with Crippen LogP contribution < -0.4 is 10.9 Å². The van der Waals surface area contributed by atoms with E-state index in [-0.39, 0.29) is 16.7 Å². The molecule has 0 spiro atoms. The number of amides is 1. The number of hydrogen-bond donors (Lipinski definition) is 1. The Bertz CT molecular complexity index is 1100. The van der Waals surface area contributed by atoms with Gasteiger partial charge in [0.2, 0.25) is 11.7 Å². The molecule has 1 aliphatic carbocycles. The molecule has 0 radical (unpaired) electrons. The van der Waals surface area contributed by atoms with Gasteiger partial charge in [0.1, 0.15) is 0 Å². The molecule has 1 saturated carbocycles. The molecule has 0 bridgehead atoms. The van der Waals surface area contributed by atoms with Gasteiger partial charge in [0.05, 0.1) is 16.2 Å². The fraction of sp³-hybridized carbons (Fsp3) is 0.545. The first-order valence-electron chi connectivity index (χ1n) is 10.9. The fourth-order valence-corrected chi connectivity index (χ4v) is 5.11. The molecule has 30 heavy (non-hydrogen) atoms. The van der Waals surface area contributed by atoms with Gasteiger partial charge in [-0.3, -0.25) is 18.6 Å². The minimum Gasteiger partial charge on any atom is -0.355 e. The number of carbonyl (C=O) groups is 1. The van der Waals surface area contributed by atoms with Crippen LogP contribution in [-0.2, 0) is 11.3 Å². The van der Waals surface area contributed by atoms with Crippen LogP contribution in [0.2, 0.25) is 0 Å². The highest BCUT2D eigenvalue weighted by Gasteiger charge is 2.22. The molecule has 2 heterocycles. The third-order valence-corrected chi connectivity index (χ3v) is 6.91. The number of nitrogens with one attached hydrogen (secondary N) is 1.